The number of aryl methyl sites for hydroxylation is 1. The van der Waals surface area contributed by atoms with Gasteiger partial charge in [-0.05, 0) is 18.6 Å². The Morgan fingerprint density at radius 1 is 1.11 bits per heavy atom. The molecule has 0 aliphatic carbocycles. The van der Waals surface area contributed by atoms with Crippen molar-refractivity contribution < 1.29 is 0 Å². The molecule has 10 heteroatoms. The highest BCUT2D eigenvalue weighted by Gasteiger charge is 2.17. The number of aromatic nitrogens is 8. The third-order valence-corrected chi connectivity index (χ3v) is 4.60. The number of hydrogen-bond donors (Lipinski definition) is 1. The summed E-state index contributed by atoms with van der Waals surface area (Å²) in [5.74, 6) is 1.15. The number of fused-ring (bicyclic) bond motifs is 2. The summed E-state index contributed by atoms with van der Waals surface area (Å²) < 4.78 is 4.78. The van der Waals surface area contributed by atoms with E-state index in [1.54, 1.807) is 27.9 Å². The summed E-state index contributed by atoms with van der Waals surface area (Å²) in [5, 5.41) is 0. The van der Waals surface area contributed by atoms with Gasteiger partial charge in [-0.1, -0.05) is 18.2 Å². The summed E-state index contributed by atoms with van der Waals surface area (Å²) in [4.78, 5) is 34.5. The molecule has 138 valence electrons. The third kappa shape index (κ3) is 2.35. The van der Waals surface area contributed by atoms with Gasteiger partial charge in [-0.25, -0.2) is 33.7 Å². The highest BCUT2D eigenvalue weighted by Crippen LogP contribution is 2.18. The van der Waals surface area contributed by atoms with E-state index in [4.69, 9.17) is 5.73 Å². The van der Waals surface area contributed by atoms with Gasteiger partial charge < -0.3 is 10.3 Å². The molecule has 10 nitrogen and oxygen atoms in total. The van der Waals surface area contributed by atoms with Crippen LogP contribution in [0.4, 0.5) is 5.82 Å². The molecular weight excluding hydrogens is 358 g/mol. The lowest BCUT2D eigenvalue weighted by atomic mass is 10.2. The van der Waals surface area contributed by atoms with E-state index in [0.29, 0.717) is 28.6 Å². The largest absolute Gasteiger partial charge is 0.382 e. The molecule has 0 bridgehead atoms. The average Bonchev–Trinajstić information content (AvgIpc) is 3.32. The second kappa shape index (κ2) is 5.98. The normalized spacial score (nSPS) is 11.5. The fraction of sp³-hybridized carbons (Fsp3) is 0.111. The van der Waals surface area contributed by atoms with E-state index in [1.807, 2.05) is 31.2 Å². The topological polar surface area (TPSA) is 122 Å². The fourth-order valence-corrected chi connectivity index (χ4v) is 3.24. The van der Waals surface area contributed by atoms with Gasteiger partial charge in [0.1, 0.15) is 17.7 Å². The second-order valence-electron chi connectivity index (χ2n) is 6.33. The van der Waals surface area contributed by atoms with E-state index >= 15 is 0 Å². The zero-order valence-corrected chi connectivity index (χ0v) is 14.9. The zero-order chi connectivity index (χ0) is 19.3. The lowest BCUT2D eigenvalue weighted by Crippen LogP contribution is -2.30. The Hall–Kier alpha value is -4.08. The van der Waals surface area contributed by atoms with Gasteiger partial charge in [0.25, 0.3) is 0 Å². The summed E-state index contributed by atoms with van der Waals surface area (Å²) in [6.45, 7) is 2.21. The molecule has 0 atom stereocenters. The first-order valence-corrected chi connectivity index (χ1v) is 8.56. The molecule has 0 saturated carbocycles. The number of nitrogen functional groups attached to an aromatic ring is 1. The molecule has 0 saturated heterocycles. The van der Waals surface area contributed by atoms with Gasteiger partial charge in [-0.2, -0.15) is 4.98 Å². The molecule has 4 heterocycles. The molecule has 0 aliphatic rings. The minimum atomic E-state index is -0.245. The van der Waals surface area contributed by atoms with Gasteiger partial charge in [0.15, 0.2) is 11.5 Å². The van der Waals surface area contributed by atoms with Crippen molar-refractivity contribution >= 4 is 22.8 Å². The standard InChI is InChI=1S/C18H15N9O/c1-11-4-2-3-5-12(11)27-13(24-17-20-6-7-26(17)18(27)28)8-25-10-23-14-15(19)21-9-22-16(14)25/h2-7,9-10H,8H2,1H3,(H2,19,21,22). The molecule has 4 aromatic heterocycles. The van der Waals surface area contributed by atoms with Crippen LogP contribution in [0.3, 0.4) is 0 Å². The molecule has 0 fully saturated rings. The highest BCUT2D eigenvalue weighted by atomic mass is 16.1. The molecule has 0 unspecified atom stereocenters. The molecular formula is C18H15N9O. The van der Waals surface area contributed by atoms with Gasteiger partial charge in [0, 0.05) is 12.4 Å². The highest BCUT2D eigenvalue weighted by molar-refractivity contribution is 5.81. The first kappa shape index (κ1) is 16.1. The van der Waals surface area contributed by atoms with Crippen LogP contribution in [-0.4, -0.2) is 38.5 Å². The van der Waals surface area contributed by atoms with E-state index in [9.17, 15) is 4.79 Å². The Kier molecular flexibility index (Phi) is 3.44. The van der Waals surface area contributed by atoms with Crippen LogP contribution in [0.15, 0.2) is 54.1 Å². The zero-order valence-electron chi connectivity index (χ0n) is 14.9. The van der Waals surface area contributed by atoms with Crippen molar-refractivity contribution in [3.05, 3.63) is 71.2 Å². The Morgan fingerprint density at radius 2 is 1.96 bits per heavy atom. The molecule has 1 aromatic carbocycles. The van der Waals surface area contributed by atoms with Crippen LogP contribution in [0.5, 0.6) is 0 Å². The first-order valence-electron chi connectivity index (χ1n) is 8.56. The van der Waals surface area contributed by atoms with E-state index in [1.165, 1.54) is 10.7 Å². The average molecular weight is 373 g/mol. The number of nitrogens with zero attached hydrogens (tertiary/aromatic N) is 8. The van der Waals surface area contributed by atoms with Crippen LogP contribution >= 0.6 is 0 Å². The number of para-hydroxylation sites is 1. The number of hydrogen-bond acceptors (Lipinski definition) is 7. The van der Waals surface area contributed by atoms with Crippen LogP contribution in [0.2, 0.25) is 0 Å². The third-order valence-electron chi connectivity index (χ3n) is 4.60. The Morgan fingerprint density at radius 3 is 2.82 bits per heavy atom. The fourth-order valence-electron chi connectivity index (χ4n) is 3.24. The van der Waals surface area contributed by atoms with Crippen LogP contribution in [0, 0.1) is 6.92 Å². The van der Waals surface area contributed by atoms with Gasteiger partial charge in [-0.15, -0.1) is 0 Å². The van der Waals surface area contributed by atoms with E-state index in [0.717, 1.165) is 11.3 Å². The van der Waals surface area contributed by atoms with Crippen LogP contribution < -0.4 is 11.4 Å². The smallest absolute Gasteiger partial charge is 0.341 e. The lowest BCUT2D eigenvalue weighted by Gasteiger charge is -2.15. The number of imidazole rings is 2. The van der Waals surface area contributed by atoms with Gasteiger partial charge in [0.2, 0.25) is 5.78 Å². The maximum Gasteiger partial charge on any atom is 0.341 e. The SMILES string of the molecule is Cc1ccccc1-n1c(Cn2cnc3c(N)ncnc32)nc2nccn2c1=O. The number of rotatable bonds is 3. The summed E-state index contributed by atoms with van der Waals surface area (Å²) in [6, 6.07) is 7.65. The number of anilines is 1. The van der Waals surface area contributed by atoms with Crippen molar-refractivity contribution in [1.29, 1.82) is 0 Å². The van der Waals surface area contributed by atoms with Crippen LogP contribution in [0.25, 0.3) is 22.6 Å². The quantitative estimate of drug-likeness (QED) is 0.500. The van der Waals surface area contributed by atoms with Gasteiger partial charge >= 0.3 is 5.69 Å². The maximum atomic E-state index is 13.2. The minimum absolute atomic E-state index is 0.245. The Bertz CT molecular complexity index is 1400. The first-order chi connectivity index (χ1) is 13.6. The van der Waals surface area contributed by atoms with Crippen LogP contribution in [0.1, 0.15) is 11.4 Å². The van der Waals surface area contributed by atoms with Crippen molar-refractivity contribution in [2.75, 3.05) is 5.73 Å². The lowest BCUT2D eigenvalue weighted by molar-refractivity contribution is 0.685. The molecule has 0 spiro atoms. The van der Waals surface area contributed by atoms with Crippen molar-refractivity contribution in [2.24, 2.45) is 0 Å². The van der Waals surface area contributed by atoms with Gasteiger partial charge in [-0.3, -0.25) is 0 Å². The second-order valence-corrected chi connectivity index (χ2v) is 6.33. The van der Waals surface area contributed by atoms with Crippen molar-refractivity contribution in [2.45, 2.75) is 13.5 Å². The predicted octanol–water partition coefficient (Wildman–Crippen LogP) is 0.959. The summed E-state index contributed by atoms with van der Waals surface area (Å²) in [5.41, 5.74) is 8.42. The molecule has 0 aliphatic heterocycles. The maximum absolute atomic E-state index is 13.2. The molecule has 5 aromatic rings. The minimum Gasteiger partial charge on any atom is -0.382 e. The van der Waals surface area contributed by atoms with Crippen LogP contribution in [-0.2, 0) is 6.54 Å². The number of benzene rings is 1. The Balaban J connectivity index is 1.76. The summed E-state index contributed by atoms with van der Waals surface area (Å²) in [7, 11) is 0. The Labute approximate surface area is 158 Å². The summed E-state index contributed by atoms with van der Waals surface area (Å²) in [6.07, 6.45) is 6.15. The monoisotopic (exact) mass is 373 g/mol. The number of nitrogens with two attached hydrogens (primary N) is 1. The van der Waals surface area contributed by atoms with E-state index in [2.05, 4.69) is 24.9 Å². The molecule has 5 rings (SSSR count). The van der Waals surface area contributed by atoms with Gasteiger partial charge in [0.05, 0.1) is 18.6 Å². The molecule has 0 radical (unpaired) electrons. The van der Waals surface area contributed by atoms with Crippen molar-refractivity contribution in [3.8, 4) is 5.69 Å². The summed E-state index contributed by atoms with van der Waals surface area (Å²) >= 11 is 0. The molecule has 28 heavy (non-hydrogen) atoms. The van der Waals surface area contributed by atoms with E-state index < -0.39 is 0 Å². The van der Waals surface area contributed by atoms with E-state index in [-0.39, 0.29) is 12.2 Å². The molecule has 0 amide bonds. The van der Waals surface area contributed by atoms with Crippen molar-refractivity contribution in [1.82, 2.24) is 38.5 Å². The molecule has 2 N–H and O–H groups in total. The van der Waals surface area contributed by atoms with Crippen molar-refractivity contribution in [3.63, 3.8) is 0 Å². The predicted molar refractivity (Wildman–Crippen MR) is 102 cm³/mol.